The summed E-state index contributed by atoms with van der Waals surface area (Å²) in [5, 5.41) is 9.73. The standard InChI is InChI=1S/C13H15ClN4OS/c1-2-7-18-12(9-3-5-10(14)6-4-9)16-17-13(18)20-8-11(15)19/h3-6H,2,7-8H2,1H3,(H2,15,19). The van der Waals surface area contributed by atoms with Gasteiger partial charge < -0.3 is 10.3 Å². The highest BCUT2D eigenvalue weighted by atomic mass is 35.5. The number of halogens is 1. The van der Waals surface area contributed by atoms with Crippen molar-refractivity contribution in [1.82, 2.24) is 14.8 Å². The van der Waals surface area contributed by atoms with Crippen LogP contribution in [0.15, 0.2) is 29.4 Å². The molecule has 0 saturated heterocycles. The summed E-state index contributed by atoms with van der Waals surface area (Å²) in [5.41, 5.74) is 6.11. The third-order valence-corrected chi connectivity index (χ3v) is 3.85. The topological polar surface area (TPSA) is 73.8 Å². The zero-order chi connectivity index (χ0) is 14.5. The van der Waals surface area contributed by atoms with Crippen LogP contribution < -0.4 is 5.73 Å². The first kappa shape index (κ1) is 14.9. The van der Waals surface area contributed by atoms with Crippen molar-refractivity contribution in [2.45, 2.75) is 25.0 Å². The highest BCUT2D eigenvalue weighted by Gasteiger charge is 2.14. The van der Waals surface area contributed by atoms with E-state index in [0.717, 1.165) is 24.4 Å². The molecule has 0 spiro atoms. The first-order valence-corrected chi connectivity index (χ1v) is 7.58. The Bertz CT molecular complexity index is 597. The molecule has 1 aromatic carbocycles. The normalized spacial score (nSPS) is 10.7. The number of rotatable bonds is 6. The summed E-state index contributed by atoms with van der Waals surface area (Å²) in [5.74, 6) is 0.604. The average Bonchev–Trinajstić information content (AvgIpc) is 2.81. The SMILES string of the molecule is CCCn1c(SCC(N)=O)nnc1-c1ccc(Cl)cc1. The quantitative estimate of drug-likeness (QED) is 0.832. The Morgan fingerprint density at radius 1 is 1.35 bits per heavy atom. The molecule has 0 bridgehead atoms. The van der Waals surface area contributed by atoms with Gasteiger partial charge in [0.15, 0.2) is 11.0 Å². The number of amides is 1. The van der Waals surface area contributed by atoms with Gasteiger partial charge in [0.05, 0.1) is 5.75 Å². The van der Waals surface area contributed by atoms with E-state index in [1.54, 1.807) is 0 Å². The highest BCUT2D eigenvalue weighted by molar-refractivity contribution is 7.99. The zero-order valence-corrected chi connectivity index (χ0v) is 12.6. The van der Waals surface area contributed by atoms with Crippen LogP contribution in [0.2, 0.25) is 5.02 Å². The van der Waals surface area contributed by atoms with Crippen LogP contribution in [0.3, 0.4) is 0 Å². The maximum atomic E-state index is 10.9. The Morgan fingerprint density at radius 2 is 2.05 bits per heavy atom. The molecule has 0 unspecified atom stereocenters. The van der Waals surface area contributed by atoms with Crippen LogP contribution in [0.4, 0.5) is 0 Å². The average molecular weight is 311 g/mol. The van der Waals surface area contributed by atoms with E-state index in [2.05, 4.69) is 17.1 Å². The molecule has 1 amide bonds. The van der Waals surface area contributed by atoms with Gasteiger partial charge in [-0.3, -0.25) is 4.79 Å². The number of aromatic nitrogens is 3. The fourth-order valence-electron chi connectivity index (χ4n) is 1.77. The van der Waals surface area contributed by atoms with E-state index in [1.165, 1.54) is 11.8 Å². The number of carbonyl (C=O) groups is 1. The van der Waals surface area contributed by atoms with Crippen molar-refractivity contribution >= 4 is 29.3 Å². The first-order chi connectivity index (χ1) is 9.61. The van der Waals surface area contributed by atoms with E-state index in [-0.39, 0.29) is 11.7 Å². The molecule has 0 saturated carbocycles. The summed E-state index contributed by atoms with van der Waals surface area (Å²) in [6.07, 6.45) is 0.947. The fraction of sp³-hybridized carbons (Fsp3) is 0.308. The number of primary amides is 1. The molecule has 20 heavy (non-hydrogen) atoms. The zero-order valence-electron chi connectivity index (χ0n) is 11.0. The van der Waals surface area contributed by atoms with E-state index in [4.69, 9.17) is 17.3 Å². The first-order valence-electron chi connectivity index (χ1n) is 6.22. The number of hydrogen-bond donors (Lipinski definition) is 1. The van der Waals surface area contributed by atoms with E-state index in [0.29, 0.717) is 10.2 Å². The van der Waals surface area contributed by atoms with Crippen LogP contribution in [0.25, 0.3) is 11.4 Å². The molecular weight excluding hydrogens is 296 g/mol. The van der Waals surface area contributed by atoms with Gasteiger partial charge in [-0.05, 0) is 30.7 Å². The van der Waals surface area contributed by atoms with Crippen LogP contribution in [0, 0.1) is 0 Å². The molecular formula is C13H15ClN4OS. The van der Waals surface area contributed by atoms with Crippen LogP contribution >= 0.6 is 23.4 Å². The molecule has 2 N–H and O–H groups in total. The van der Waals surface area contributed by atoms with Gasteiger partial charge in [0.25, 0.3) is 0 Å². The van der Waals surface area contributed by atoms with Crippen LogP contribution in [-0.2, 0) is 11.3 Å². The number of nitrogens with zero attached hydrogens (tertiary/aromatic N) is 3. The Labute approximate surface area is 126 Å². The lowest BCUT2D eigenvalue weighted by atomic mass is 10.2. The molecule has 0 fully saturated rings. The summed E-state index contributed by atoms with van der Waals surface area (Å²) >= 11 is 7.19. The van der Waals surface area contributed by atoms with Gasteiger partial charge in [-0.15, -0.1) is 10.2 Å². The molecule has 5 nitrogen and oxygen atoms in total. The summed E-state index contributed by atoms with van der Waals surface area (Å²) in [6.45, 7) is 2.86. The molecule has 0 aliphatic rings. The molecule has 0 atom stereocenters. The second-order valence-corrected chi connectivity index (χ2v) is 5.60. The van der Waals surface area contributed by atoms with Gasteiger partial charge in [-0.25, -0.2) is 0 Å². The van der Waals surface area contributed by atoms with Crippen molar-refractivity contribution in [1.29, 1.82) is 0 Å². The van der Waals surface area contributed by atoms with E-state index >= 15 is 0 Å². The maximum Gasteiger partial charge on any atom is 0.227 e. The Kier molecular flexibility index (Phi) is 5.03. The van der Waals surface area contributed by atoms with Crippen LogP contribution in [0.1, 0.15) is 13.3 Å². The van der Waals surface area contributed by atoms with Gasteiger partial charge >= 0.3 is 0 Å². The van der Waals surface area contributed by atoms with E-state index in [1.807, 2.05) is 28.8 Å². The third-order valence-electron chi connectivity index (χ3n) is 2.61. The highest BCUT2D eigenvalue weighted by Crippen LogP contribution is 2.25. The predicted octanol–water partition coefficient (Wildman–Crippen LogP) is 2.59. The predicted molar refractivity (Wildman–Crippen MR) is 80.7 cm³/mol. The van der Waals surface area contributed by atoms with Crippen molar-refractivity contribution in [2.75, 3.05) is 5.75 Å². The van der Waals surface area contributed by atoms with Gasteiger partial charge in [0, 0.05) is 17.1 Å². The Balaban J connectivity index is 2.32. The minimum absolute atomic E-state index is 0.197. The van der Waals surface area contributed by atoms with Crippen molar-refractivity contribution in [3.05, 3.63) is 29.3 Å². The van der Waals surface area contributed by atoms with E-state index < -0.39 is 0 Å². The second-order valence-electron chi connectivity index (χ2n) is 4.22. The minimum Gasteiger partial charge on any atom is -0.369 e. The van der Waals surface area contributed by atoms with Gasteiger partial charge in [-0.2, -0.15) is 0 Å². The molecule has 1 heterocycles. The number of thioether (sulfide) groups is 1. The molecule has 0 aliphatic carbocycles. The van der Waals surface area contributed by atoms with Crippen molar-refractivity contribution < 1.29 is 4.79 Å². The lowest BCUT2D eigenvalue weighted by molar-refractivity contribution is -0.115. The lowest BCUT2D eigenvalue weighted by Gasteiger charge is -2.08. The fourth-order valence-corrected chi connectivity index (χ4v) is 2.60. The van der Waals surface area contributed by atoms with E-state index in [9.17, 15) is 4.79 Å². The Morgan fingerprint density at radius 3 is 2.65 bits per heavy atom. The maximum absolute atomic E-state index is 10.9. The van der Waals surface area contributed by atoms with Crippen molar-refractivity contribution in [2.24, 2.45) is 5.73 Å². The molecule has 0 aliphatic heterocycles. The third kappa shape index (κ3) is 3.52. The minimum atomic E-state index is -0.367. The number of benzene rings is 1. The van der Waals surface area contributed by atoms with Crippen LogP contribution in [0.5, 0.6) is 0 Å². The molecule has 106 valence electrons. The van der Waals surface area contributed by atoms with Crippen molar-refractivity contribution in [3.8, 4) is 11.4 Å². The molecule has 2 aromatic rings. The molecule has 7 heteroatoms. The summed E-state index contributed by atoms with van der Waals surface area (Å²) in [7, 11) is 0. The monoisotopic (exact) mass is 310 g/mol. The lowest BCUT2D eigenvalue weighted by Crippen LogP contribution is -2.14. The van der Waals surface area contributed by atoms with Gasteiger partial charge in [-0.1, -0.05) is 30.3 Å². The summed E-state index contributed by atoms with van der Waals surface area (Å²) < 4.78 is 2.00. The largest absolute Gasteiger partial charge is 0.369 e. The molecule has 0 radical (unpaired) electrons. The van der Waals surface area contributed by atoms with Crippen molar-refractivity contribution in [3.63, 3.8) is 0 Å². The summed E-state index contributed by atoms with van der Waals surface area (Å²) in [4.78, 5) is 10.9. The number of nitrogens with two attached hydrogens (primary N) is 1. The van der Waals surface area contributed by atoms with Crippen LogP contribution in [-0.4, -0.2) is 26.4 Å². The smallest absolute Gasteiger partial charge is 0.227 e. The molecule has 2 rings (SSSR count). The Hall–Kier alpha value is -1.53. The molecule has 1 aromatic heterocycles. The number of carbonyl (C=O) groups excluding carboxylic acids is 1. The second kappa shape index (κ2) is 6.76. The van der Waals surface area contributed by atoms with Gasteiger partial charge in [0.2, 0.25) is 5.91 Å². The summed E-state index contributed by atoms with van der Waals surface area (Å²) in [6, 6.07) is 7.44. The van der Waals surface area contributed by atoms with Gasteiger partial charge in [0.1, 0.15) is 0 Å². The number of hydrogen-bond acceptors (Lipinski definition) is 4.